The molecule has 1 N–H and O–H groups in total. The summed E-state index contributed by atoms with van der Waals surface area (Å²) in [6.07, 6.45) is 2.35. The molecule has 0 spiro atoms. The van der Waals surface area contributed by atoms with Crippen LogP contribution in [0, 0.1) is 12.8 Å². The van der Waals surface area contributed by atoms with Crippen LogP contribution in [0.1, 0.15) is 30.9 Å². The molecule has 0 saturated carbocycles. The van der Waals surface area contributed by atoms with Gasteiger partial charge >= 0.3 is 11.3 Å². The van der Waals surface area contributed by atoms with Gasteiger partial charge in [-0.2, -0.15) is 0 Å². The second kappa shape index (κ2) is 7.95. The van der Waals surface area contributed by atoms with Gasteiger partial charge in [0.15, 0.2) is 0 Å². The molecule has 1 fully saturated rings. The smallest absolute Gasteiger partial charge is 0.344 e. The first kappa shape index (κ1) is 20.5. The van der Waals surface area contributed by atoms with Crippen molar-refractivity contribution in [2.75, 3.05) is 13.1 Å². The van der Waals surface area contributed by atoms with E-state index in [-0.39, 0.29) is 11.3 Å². The van der Waals surface area contributed by atoms with E-state index in [4.69, 9.17) is 8.83 Å². The highest BCUT2D eigenvalue weighted by Crippen LogP contribution is 2.36. The van der Waals surface area contributed by atoms with Crippen molar-refractivity contribution < 1.29 is 13.9 Å². The van der Waals surface area contributed by atoms with E-state index >= 15 is 0 Å². The van der Waals surface area contributed by atoms with Gasteiger partial charge in [-0.25, -0.2) is 9.59 Å². The molecule has 1 aliphatic heterocycles. The van der Waals surface area contributed by atoms with Gasteiger partial charge in [0.05, 0.1) is 5.56 Å². The fourth-order valence-electron chi connectivity index (χ4n) is 4.78. The summed E-state index contributed by atoms with van der Waals surface area (Å²) in [5.41, 5.74) is 1.66. The highest BCUT2D eigenvalue weighted by molar-refractivity contribution is 5.97. The number of phenolic OH excluding ortho intramolecular Hbond substituents is 1. The zero-order chi connectivity index (χ0) is 22.4. The van der Waals surface area contributed by atoms with E-state index in [1.54, 1.807) is 25.1 Å². The average Bonchev–Trinajstić information content (AvgIpc) is 2.77. The molecule has 2 aromatic carbocycles. The van der Waals surface area contributed by atoms with Crippen LogP contribution in [0.25, 0.3) is 33.1 Å². The summed E-state index contributed by atoms with van der Waals surface area (Å²) in [5, 5.41) is 12.3. The molecule has 0 amide bonds. The first-order valence-electron chi connectivity index (χ1n) is 11.0. The molecule has 3 heterocycles. The molecule has 32 heavy (non-hydrogen) atoms. The molecule has 4 aromatic rings. The number of para-hydroxylation sites is 1. The maximum Gasteiger partial charge on any atom is 0.344 e. The molecule has 1 saturated heterocycles. The number of rotatable bonds is 3. The Balaban J connectivity index is 1.71. The van der Waals surface area contributed by atoms with E-state index in [9.17, 15) is 14.7 Å². The van der Waals surface area contributed by atoms with Crippen LogP contribution in [-0.4, -0.2) is 23.1 Å². The lowest BCUT2D eigenvalue weighted by molar-refractivity contribution is 0.175. The predicted octanol–water partition coefficient (Wildman–Crippen LogP) is 4.81. The van der Waals surface area contributed by atoms with Crippen molar-refractivity contribution in [2.24, 2.45) is 5.92 Å². The van der Waals surface area contributed by atoms with Crippen LogP contribution < -0.4 is 11.3 Å². The summed E-state index contributed by atoms with van der Waals surface area (Å²) in [6, 6.07) is 12.2. The lowest BCUT2D eigenvalue weighted by Gasteiger charge is -2.31. The zero-order valence-electron chi connectivity index (χ0n) is 18.2. The number of aromatic hydroxyl groups is 1. The molecular formula is C26H25NO5. The maximum atomic E-state index is 12.8. The van der Waals surface area contributed by atoms with Crippen LogP contribution in [0.2, 0.25) is 0 Å². The second-order valence-corrected chi connectivity index (χ2v) is 8.83. The summed E-state index contributed by atoms with van der Waals surface area (Å²) in [7, 11) is 0. The molecule has 6 nitrogen and oxygen atoms in total. The van der Waals surface area contributed by atoms with Crippen molar-refractivity contribution in [1.29, 1.82) is 0 Å². The van der Waals surface area contributed by atoms with Gasteiger partial charge in [-0.3, -0.25) is 4.90 Å². The predicted molar refractivity (Wildman–Crippen MR) is 124 cm³/mol. The van der Waals surface area contributed by atoms with Crippen molar-refractivity contribution in [3.63, 3.8) is 0 Å². The Morgan fingerprint density at radius 3 is 2.72 bits per heavy atom. The van der Waals surface area contributed by atoms with Crippen LogP contribution in [-0.2, 0) is 6.54 Å². The minimum atomic E-state index is -0.583. The van der Waals surface area contributed by atoms with E-state index in [0.29, 0.717) is 40.1 Å². The number of phenols is 1. The second-order valence-electron chi connectivity index (χ2n) is 8.83. The first-order valence-corrected chi connectivity index (χ1v) is 11.0. The van der Waals surface area contributed by atoms with Crippen molar-refractivity contribution in [1.82, 2.24) is 4.90 Å². The monoisotopic (exact) mass is 431 g/mol. The third kappa shape index (κ3) is 3.60. The summed E-state index contributed by atoms with van der Waals surface area (Å²) in [4.78, 5) is 27.5. The van der Waals surface area contributed by atoms with Gasteiger partial charge in [-0.1, -0.05) is 25.1 Å². The molecule has 0 bridgehead atoms. The molecule has 0 aliphatic carbocycles. The lowest BCUT2D eigenvalue weighted by atomic mass is 9.96. The summed E-state index contributed by atoms with van der Waals surface area (Å²) >= 11 is 0. The fourth-order valence-corrected chi connectivity index (χ4v) is 4.78. The van der Waals surface area contributed by atoms with Crippen LogP contribution >= 0.6 is 0 Å². The number of fused-ring (bicyclic) bond motifs is 2. The molecule has 2 aromatic heterocycles. The van der Waals surface area contributed by atoms with Gasteiger partial charge in [0, 0.05) is 46.6 Å². The van der Waals surface area contributed by atoms with Gasteiger partial charge in [0.1, 0.15) is 16.9 Å². The Bertz CT molecular complexity index is 1450. The topological polar surface area (TPSA) is 83.9 Å². The quantitative estimate of drug-likeness (QED) is 0.469. The first-order chi connectivity index (χ1) is 15.4. The number of piperidine rings is 1. The number of likely N-dealkylation sites (tertiary alicyclic amines) is 1. The number of nitrogens with zero attached hydrogens (tertiary/aromatic N) is 1. The van der Waals surface area contributed by atoms with E-state index in [1.165, 1.54) is 12.5 Å². The molecule has 0 unspecified atom stereocenters. The van der Waals surface area contributed by atoms with Crippen molar-refractivity contribution in [3.05, 3.63) is 74.4 Å². The van der Waals surface area contributed by atoms with Crippen LogP contribution in [0.15, 0.2) is 60.9 Å². The van der Waals surface area contributed by atoms with Crippen LogP contribution in [0.4, 0.5) is 0 Å². The fraction of sp³-hybridized carbons (Fsp3) is 0.308. The number of hydrogen-bond donors (Lipinski definition) is 1. The van der Waals surface area contributed by atoms with Gasteiger partial charge < -0.3 is 13.9 Å². The Morgan fingerprint density at radius 1 is 1.09 bits per heavy atom. The highest BCUT2D eigenvalue weighted by Gasteiger charge is 2.22. The van der Waals surface area contributed by atoms with E-state index < -0.39 is 11.3 Å². The number of aryl methyl sites for hydroxylation is 1. The van der Waals surface area contributed by atoms with Gasteiger partial charge in [0.2, 0.25) is 0 Å². The minimum Gasteiger partial charge on any atom is -0.507 e. The average molecular weight is 431 g/mol. The Morgan fingerprint density at radius 2 is 1.91 bits per heavy atom. The molecule has 1 atom stereocenters. The molecular weight excluding hydrogens is 406 g/mol. The highest BCUT2D eigenvalue weighted by atomic mass is 16.4. The standard InChI is InChI=1S/C26H25NO5/c1-15-6-5-9-27(13-15)14-18-11-20-19(12-23(28)32-25(20)16(2)24(18)29)21-10-17-7-3-4-8-22(17)31-26(21)30/h3-4,7-8,10-12,15,29H,5-6,9,13-14H2,1-2H3/t15-/m1/s1. The SMILES string of the molecule is Cc1c(O)c(CN2CCC[C@@H](C)C2)cc2c(-c3cc4ccccc4oc3=O)cc(=O)oc12. The lowest BCUT2D eigenvalue weighted by Crippen LogP contribution is -2.33. The normalized spacial score (nSPS) is 17.2. The Labute approximate surface area is 184 Å². The largest absolute Gasteiger partial charge is 0.507 e. The summed E-state index contributed by atoms with van der Waals surface area (Å²) in [5.74, 6) is 0.741. The van der Waals surface area contributed by atoms with Crippen molar-refractivity contribution >= 4 is 21.9 Å². The van der Waals surface area contributed by atoms with Crippen LogP contribution in [0.3, 0.4) is 0 Å². The Hall–Kier alpha value is -3.38. The molecule has 164 valence electrons. The van der Waals surface area contributed by atoms with E-state index in [0.717, 1.165) is 30.5 Å². The number of benzene rings is 2. The Kier molecular flexibility index (Phi) is 5.10. The molecule has 0 radical (unpaired) electrons. The van der Waals surface area contributed by atoms with Crippen molar-refractivity contribution in [3.8, 4) is 16.9 Å². The summed E-state index contributed by atoms with van der Waals surface area (Å²) in [6.45, 7) is 6.52. The molecule has 1 aliphatic rings. The van der Waals surface area contributed by atoms with Gasteiger partial charge in [0.25, 0.3) is 0 Å². The van der Waals surface area contributed by atoms with E-state index in [1.807, 2.05) is 18.2 Å². The van der Waals surface area contributed by atoms with Gasteiger partial charge in [-0.15, -0.1) is 0 Å². The van der Waals surface area contributed by atoms with Gasteiger partial charge in [-0.05, 0) is 50.4 Å². The molecule has 6 heteroatoms. The third-order valence-electron chi connectivity index (χ3n) is 6.38. The zero-order valence-corrected chi connectivity index (χ0v) is 18.2. The maximum absolute atomic E-state index is 12.8. The number of hydrogen-bond acceptors (Lipinski definition) is 6. The third-order valence-corrected chi connectivity index (χ3v) is 6.38. The van der Waals surface area contributed by atoms with E-state index in [2.05, 4.69) is 11.8 Å². The molecule has 5 rings (SSSR count). The van der Waals surface area contributed by atoms with Crippen LogP contribution in [0.5, 0.6) is 5.75 Å². The minimum absolute atomic E-state index is 0.126. The van der Waals surface area contributed by atoms with Crippen molar-refractivity contribution in [2.45, 2.75) is 33.2 Å². The summed E-state index contributed by atoms with van der Waals surface area (Å²) < 4.78 is 11.0.